The summed E-state index contributed by atoms with van der Waals surface area (Å²) in [6, 6.07) is 13.0. The van der Waals surface area contributed by atoms with Crippen molar-refractivity contribution in [2.75, 3.05) is 21.3 Å². The van der Waals surface area contributed by atoms with E-state index in [4.69, 9.17) is 9.47 Å². The van der Waals surface area contributed by atoms with Crippen LogP contribution in [-0.4, -0.2) is 26.2 Å². The summed E-state index contributed by atoms with van der Waals surface area (Å²) in [7, 11) is 5.12. The van der Waals surface area contributed by atoms with Crippen LogP contribution in [0.4, 0.5) is 4.39 Å². The molecule has 2 aromatic rings. The summed E-state index contributed by atoms with van der Waals surface area (Å²) in [5, 5.41) is 0. The Bertz CT molecular complexity index is 584. The number of halogens is 1. The van der Waals surface area contributed by atoms with E-state index in [1.807, 2.05) is 37.4 Å². The zero-order valence-electron chi connectivity index (χ0n) is 12.6. The predicted octanol–water partition coefficient (Wildman–Crippen LogP) is 3.47. The summed E-state index contributed by atoms with van der Waals surface area (Å²) < 4.78 is 23.7. The second-order valence-electron chi connectivity index (χ2n) is 4.99. The fraction of sp³-hybridized carbons (Fsp3) is 0.294. The van der Waals surface area contributed by atoms with Gasteiger partial charge in [-0.25, -0.2) is 4.39 Å². The van der Waals surface area contributed by atoms with Crippen LogP contribution in [0.25, 0.3) is 0 Å². The highest BCUT2D eigenvalue weighted by Crippen LogP contribution is 2.19. The summed E-state index contributed by atoms with van der Waals surface area (Å²) in [6.07, 6.45) is 0. The molecular weight excluding hydrogens is 269 g/mol. The van der Waals surface area contributed by atoms with Gasteiger partial charge in [0.05, 0.1) is 14.2 Å². The number of benzene rings is 2. The lowest BCUT2D eigenvalue weighted by Crippen LogP contribution is -2.17. The largest absolute Gasteiger partial charge is 0.497 e. The van der Waals surface area contributed by atoms with Crippen LogP contribution in [0, 0.1) is 5.82 Å². The molecule has 0 atom stereocenters. The molecule has 0 heterocycles. The first-order chi connectivity index (χ1) is 10.1. The van der Waals surface area contributed by atoms with Gasteiger partial charge in [0.1, 0.15) is 5.75 Å². The SMILES string of the molecule is COc1ccc(CN(C)Cc2ccc(OC)c(F)c2)cc1. The van der Waals surface area contributed by atoms with E-state index >= 15 is 0 Å². The first-order valence-corrected chi connectivity index (χ1v) is 6.76. The fourth-order valence-electron chi connectivity index (χ4n) is 2.22. The molecule has 2 aromatic carbocycles. The second-order valence-corrected chi connectivity index (χ2v) is 4.99. The van der Waals surface area contributed by atoms with E-state index < -0.39 is 0 Å². The van der Waals surface area contributed by atoms with Crippen molar-refractivity contribution < 1.29 is 13.9 Å². The Morgan fingerprint density at radius 1 is 0.905 bits per heavy atom. The van der Waals surface area contributed by atoms with E-state index in [2.05, 4.69) is 4.90 Å². The van der Waals surface area contributed by atoms with Crippen LogP contribution >= 0.6 is 0 Å². The van der Waals surface area contributed by atoms with Gasteiger partial charge in [0.15, 0.2) is 11.6 Å². The van der Waals surface area contributed by atoms with Crippen LogP contribution in [-0.2, 0) is 13.1 Å². The van der Waals surface area contributed by atoms with Gasteiger partial charge in [-0.1, -0.05) is 18.2 Å². The van der Waals surface area contributed by atoms with Crippen molar-refractivity contribution in [2.45, 2.75) is 13.1 Å². The molecule has 0 amide bonds. The van der Waals surface area contributed by atoms with Crippen molar-refractivity contribution in [1.82, 2.24) is 4.90 Å². The summed E-state index contributed by atoms with van der Waals surface area (Å²) >= 11 is 0. The molecule has 0 N–H and O–H groups in total. The maximum atomic E-state index is 13.7. The van der Waals surface area contributed by atoms with E-state index in [0.29, 0.717) is 6.54 Å². The molecule has 0 spiro atoms. The molecule has 0 aliphatic rings. The highest BCUT2D eigenvalue weighted by Gasteiger charge is 2.06. The van der Waals surface area contributed by atoms with Gasteiger partial charge in [-0.05, 0) is 42.4 Å². The topological polar surface area (TPSA) is 21.7 Å². The smallest absolute Gasteiger partial charge is 0.165 e. The molecule has 3 nitrogen and oxygen atoms in total. The molecule has 0 radical (unpaired) electrons. The van der Waals surface area contributed by atoms with E-state index in [0.717, 1.165) is 17.9 Å². The number of hydrogen-bond acceptors (Lipinski definition) is 3. The third-order valence-corrected chi connectivity index (χ3v) is 3.28. The monoisotopic (exact) mass is 289 g/mol. The minimum atomic E-state index is -0.326. The van der Waals surface area contributed by atoms with Crippen LogP contribution < -0.4 is 9.47 Å². The fourth-order valence-corrected chi connectivity index (χ4v) is 2.22. The lowest BCUT2D eigenvalue weighted by Gasteiger charge is -2.17. The number of nitrogens with zero attached hydrogens (tertiary/aromatic N) is 1. The van der Waals surface area contributed by atoms with Crippen LogP contribution in [0.15, 0.2) is 42.5 Å². The van der Waals surface area contributed by atoms with Crippen molar-refractivity contribution in [1.29, 1.82) is 0 Å². The van der Waals surface area contributed by atoms with Crippen molar-refractivity contribution in [3.63, 3.8) is 0 Å². The minimum Gasteiger partial charge on any atom is -0.497 e. The highest BCUT2D eigenvalue weighted by molar-refractivity contribution is 5.30. The zero-order valence-corrected chi connectivity index (χ0v) is 12.6. The molecule has 0 aromatic heterocycles. The Labute approximate surface area is 124 Å². The Hall–Kier alpha value is -2.07. The molecule has 2 rings (SSSR count). The van der Waals surface area contributed by atoms with Gasteiger partial charge in [-0.15, -0.1) is 0 Å². The number of methoxy groups -OCH3 is 2. The number of rotatable bonds is 6. The molecule has 0 unspecified atom stereocenters. The molecule has 0 fully saturated rings. The maximum absolute atomic E-state index is 13.7. The van der Waals surface area contributed by atoms with Gasteiger partial charge >= 0.3 is 0 Å². The third kappa shape index (κ3) is 4.20. The van der Waals surface area contributed by atoms with Crippen molar-refractivity contribution in [3.05, 3.63) is 59.4 Å². The van der Waals surface area contributed by atoms with Gasteiger partial charge in [0, 0.05) is 13.1 Å². The van der Waals surface area contributed by atoms with Gasteiger partial charge < -0.3 is 9.47 Å². The first-order valence-electron chi connectivity index (χ1n) is 6.76. The molecule has 0 saturated carbocycles. The molecule has 4 heteroatoms. The average Bonchev–Trinajstić information content (AvgIpc) is 2.48. The molecular formula is C17H20FNO2. The van der Waals surface area contributed by atoms with Crippen LogP contribution in [0.5, 0.6) is 11.5 Å². The quantitative estimate of drug-likeness (QED) is 0.812. The van der Waals surface area contributed by atoms with Crippen LogP contribution in [0.1, 0.15) is 11.1 Å². The molecule has 0 aliphatic heterocycles. The average molecular weight is 289 g/mol. The second kappa shape index (κ2) is 7.09. The summed E-state index contributed by atoms with van der Waals surface area (Å²) in [5.74, 6) is 0.794. The van der Waals surface area contributed by atoms with E-state index in [1.54, 1.807) is 13.2 Å². The van der Waals surface area contributed by atoms with Crippen LogP contribution in [0.3, 0.4) is 0 Å². The molecule has 0 saturated heterocycles. The predicted molar refractivity (Wildman–Crippen MR) is 81.1 cm³/mol. The van der Waals surface area contributed by atoms with Gasteiger partial charge in [0.2, 0.25) is 0 Å². The summed E-state index contributed by atoms with van der Waals surface area (Å²) in [4.78, 5) is 2.13. The van der Waals surface area contributed by atoms with Gasteiger partial charge in [-0.2, -0.15) is 0 Å². The maximum Gasteiger partial charge on any atom is 0.165 e. The molecule has 0 aliphatic carbocycles. The van der Waals surface area contributed by atoms with Gasteiger partial charge in [0.25, 0.3) is 0 Å². The Balaban J connectivity index is 1.97. The third-order valence-electron chi connectivity index (χ3n) is 3.28. The Morgan fingerprint density at radius 3 is 2.10 bits per heavy atom. The number of hydrogen-bond donors (Lipinski definition) is 0. The molecule has 112 valence electrons. The Kier molecular flexibility index (Phi) is 5.17. The molecule has 0 bridgehead atoms. The minimum absolute atomic E-state index is 0.275. The van der Waals surface area contributed by atoms with Crippen molar-refractivity contribution >= 4 is 0 Å². The molecule has 21 heavy (non-hydrogen) atoms. The van der Waals surface area contributed by atoms with Crippen molar-refractivity contribution in [2.24, 2.45) is 0 Å². The first kappa shape index (κ1) is 15.3. The van der Waals surface area contributed by atoms with Gasteiger partial charge in [-0.3, -0.25) is 4.90 Å². The normalized spacial score (nSPS) is 10.7. The Morgan fingerprint density at radius 2 is 1.52 bits per heavy atom. The lowest BCUT2D eigenvalue weighted by molar-refractivity contribution is 0.317. The van der Waals surface area contributed by atoms with Crippen LogP contribution in [0.2, 0.25) is 0 Å². The van der Waals surface area contributed by atoms with E-state index in [9.17, 15) is 4.39 Å². The standard InChI is InChI=1S/C17H20FNO2/c1-19(11-13-4-7-15(20-2)8-5-13)12-14-6-9-17(21-3)16(18)10-14/h4-10H,11-12H2,1-3H3. The summed E-state index contributed by atoms with van der Waals surface area (Å²) in [6.45, 7) is 1.46. The lowest BCUT2D eigenvalue weighted by atomic mass is 10.1. The summed E-state index contributed by atoms with van der Waals surface area (Å²) in [5.41, 5.74) is 2.11. The van der Waals surface area contributed by atoms with E-state index in [1.165, 1.54) is 18.7 Å². The van der Waals surface area contributed by atoms with Crippen molar-refractivity contribution in [3.8, 4) is 11.5 Å². The zero-order chi connectivity index (χ0) is 15.2. The highest BCUT2D eigenvalue weighted by atomic mass is 19.1. The number of ether oxygens (including phenoxy) is 2. The van der Waals surface area contributed by atoms with E-state index in [-0.39, 0.29) is 11.6 Å².